The van der Waals surface area contributed by atoms with Crippen LogP contribution in [0.4, 0.5) is 23.7 Å². The molecule has 0 radical (unpaired) electrons. The number of benzene rings is 1. The second-order valence-electron chi connectivity index (χ2n) is 4.84. The number of nitrogens with zero attached hydrogens (tertiary/aromatic N) is 1. The molecule has 1 aromatic rings. The molecule has 2 atom stereocenters. The molecule has 2 unspecified atom stereocenters. The summed E-state index contributed by atoms with van der Waals surface area (Å²) in [5.74, 6) is -1.24. The number of nitrogens with one attached hydrogen (secondary N) is 1. The molecule has 120 valence electrons. The maximum Gasteiger partial charge on any atom is 0.410 e. The molecule has 0 saturated heterocycles. The molecule has 9 heteroatoms. The van der Waals surface area contributed by atoms with E-state index >= 15 is 0 Å². The summed E-state index contributed by atoms with van der Waals surface area (Å²) in [5.41, 5.74) is 2.80. The standard InChI is InChI=1S/C13H14F3N3O3/c1-6-10(18-12(20)21)19-13(5-22-6,11(15)16)8-4-7(17)2-3-9(8)14/h2-4,6,11H,5,17H2,1H3,(H,18,19)(H,20,21). The molecule has 0 fully saturated rings. The molecule has 0 spiro atoms. The lowest BCUT2D eigenvalue weighted by Crippen LogP contribution is -2.50. The van der Waals surface area contributed by atoms with Crippen molar-refractivity contribution in [3.05, 3.63) is 29.6 Å². The summed E-state index contributed by atoms with van der Waals surface area (Å²) in [4.78, 5) is 14.5. The van der Waals surface area contributed by atoms with E-state index < -0.39 is 42.1 Å². The molecular weight excluding hydrogens is 303 g/mol. The van der Waals surface area contributed by atoms with Gasteiger partial charge in [-0.05, 0) is 25.1 Å². The van der Waals surface area contributed by atoms with Crippen molar-refractivity contribution in [1.29, 1.82) is 0 Å². The van der Waals surface area contributed by atoms with Crippen LogP contribution in [0.2, 0.25) is 0 Å². The molecule has 1 amide bonds. The van der Waals surface area contributed by atoms with Crippen molar-refractivity contribution in [1.82, 2.24) is 5.32 Å². The largest absolute Gasteiger partial charge is 0.465 e. The maximum atomic E-state index is 14.0. The molecule has 0 aliphatic carbocycles. The first-order valence-corrected chi connectivity index (χ1v) is 6.31. The van der Waals surface area contributed by atoms with Crippen LogP contribution in [-0.2, 0) is 10.3 Å². The number of hydrogen-bond donors (Lipinski definition) is 3. The summed E-state index contributed by atoms with van der Waals surface area (Å²) in [6.45, 7) is 0.844. The van der Waals surface area contributed by atoms with Gasteiger partial charge in [0.1, 0.15) is 17.8 Å². The lowest BCUT2D eigenvalue weighted by atomic mass is 9.89. The van der Waals surface area contributed by atoms with Crippen molar-refractivity contribution in [2.24, 2.45) is 4.99 Å². The normalized spacial score (nSPS) is 25.0. The number of carboxylic acid groups (broad SMARTS) is 1. The van der Waals surface area contributed by atoms with Crippen LogP contribution in [-0.4, -0.2) is 36.2 Å². The fraction of sp³-hybridized carbons (Fsp3) is 0.385. The summed E-state index contributed by atoms with van der Waals surface area (Å²) in [5, 5.41) is 10.6. The molecule has 1 aliphatic rings. The highest BCUT2D eigenvalue weighted by Gasteiger charge is 2.48. The third kappa shape index (κ3) is 2.84. The molecule has 4 N–H and O–H groups in total. The van der Waals surface area contributed by atoms with Gasteiger partial charge in [0, 0.05) is 11.3 Å². The number of amidine groups is 1. The fourth-order valence-corrected chi connectivity index (χ4v) is 2.15. The molecule has 0 aromatic heterocycles. The Morgan fingerprint density at radius 1 is 1.59 bits per heavy atom. The second kappa shape index (κ2) is 5.84. The zero-order valence-corrected chi connectivity index (χ0v) is 11.5. The lowest BCUT2D eigenvalue weighted by molar-refractivity contribution is -0.0348. The Hall–Kier alpha value is -2.29. The molecule has 1 aromatic carbocycles. The van der Waals surface area contributed by atoms with Gasteiger partial charge in [-0.2, -0.15) is 0 Å². The summed E-state index contributed by atoms with van der Waals surface area (Å²) in [6, 6.07) is 3.22. The van der Waals surface area contributed by atoms with Crippen LogP contribution in [0.25, 0.3) is 0 Å². The van der Waals surface area contributed by atoms with E-state index in [1.807, 2.05) is 5.32 Å². The minimum atomic E-state index is -3.12. The smallest absolute Gasteiger partial charge is 0.410 e. The molecule has 0 bridgehead atoms. The van der Waals surface area contributed by atoms with Crippen LogP contribution in [0, 0.1) is 5.82 Å². The number of aliphatic imine (C=N–C) groups is 1. The molecule has 6 nitrogen and oxygen atoms in total. The first-order valence-electron chi connectivity index (χ1n) is 6.31. The van der Waals surface area contributed by atoms with E-state index in [4.69, 9.17) is 15.6 Å². The SMILES string of the molecule is CC1OCC(c2cc(N)ccc2F)(C(F)F)N=C1NC(=O)O. The minimum absolute atomic E-state index is 0.0815. The van der Waals surface area contributed by atoms with E-state index in [-0.39, 0.29) is 11.5 Å². The van der Waals surface area contributed by atoms with Crippen LogP contribution >= 0.6 is 0 Å². The Morgan fingerprint density at radius 3 is 2.86 bits per heavy atom. The third-order valence-electron chi connectivity index (χ3n) is 3.31. The average molecular weight is 317 g/mol. The van der Waals surface area contributed by atoms with Gasteiger partial charge in [-0.25, -0.2) is 23.0 Å². The van der Waals surface area contributed by atoms with Crippen molar-refractivity contribution in [3.8, 4) is 0 Å². The fourth-order valence-electron chi connectivity index (χ4n) is 2.15. The van der Waals surface area contributed by atoms with E-state index in [1.165, 1.54) is 13.0 Å². The van der Waals surface area contributed by atoms with E-state index in [9.17, 15) is 18.0 Å². The van der Waals surface area contributed by atoms with Gasteiger partial charge < -0.3 is 15.6 Å². The van der Waals surface area contributed by atoms with Gasteiger partial charge in [0.05, 0.1) is 6.61 Å². The van der Waals surface area contributed by atoms with Crippen LogP contribution in [0.15, 0.2) is 23.2 Å². The minimum Gasteiger partial charge on any atom is -0.465 e. The summed E-state index contributed by atoms with van der Waals surface area (Å²) in [7, 11) is 0. The highest BCUT2D eigenvalue weighted by Crippen LogP contribution is 2.38. The predicted molar refractivity (Wildman–Crippen MR) is 72.5 cm³/mol. The van der Waals surface area contributed by atoms with Crippen LogP contribution in [0.5, 0.6) is 0 Å². The zero-order chi connectivity index (χ0) is 16.5. The number of anilines is 1. The summed E-state index contributed by atoms with van der Waals surface area (Å²) in [6.07, 6.45) is -5.44. The number of nitrogens with two attached hydrogens (primary N) is 1. The second-order valence-corrected chi connectivity index (χ2v) is 4.84. The van der Waals surface area contributed by atoms with Crippen LogP contribution in [0.3, 0.4) is 0 Å². The monoisotopic (exact) mass is 317 g/mol. The number of halogens is 3. The number of carbonyl (C=O) groups is 1. The first-order chi connectivity index (χ1) is 10.3. The number of ether oxygens (including phenoxy) is 1. The van der Waals surface area contributed by atoms with E-state index in [2.05, 4.69) is 4.99 Å². The number of hydrogen-bond acceptors (Lipinski definition) is 4. The average Bonchev–Trinajstić information content (AvgIpc) is 2.43. The first kappa shape index (κ1) is 16.1. The van der Waals surface area contributed by atoms with Crippen molar-refractivity contribution < 1.29 is 27.8 Å². The number of nitrogen functional groups attached to an aromatic ring is 1. The molecular formula is C13H14F3N3O3. The number of rotatable bonds is 2. The lowest BCUT2D eigenvalue weighted by Gasteiger charge is -2.36. The van der Waals surface area contributed by atoms with Crippen molar-refractivity contribution in [3.63, 3.8) is 0 Å². The highest BCUT2D eigenvalue weighted by atomic mass is 19.3. The van der Waals surface area contributed by atoms with Gasteiger partial charge in [-0.3, -0.25) is 5.32 Å². The van der Waals surface area contributed by atoms with Crippen LogP contribution < -0.4 is 11.1 Å². The van der Waals surface area contributed by atoms with Gasteiger partial charge in [0.25, 0.3) is 6.43 Å². The van der Waals surface area contributed by atoms with E-state index in [1.54, 1.807) is 0 Å². The van der Waals surface area contributed by atoms with Crippen LogP contribution in [0.1, 0.15) is 12.5 Å². The summed E-state index contributed by atoms with van der Waals surface area (Å²) < 4.78 is 46.5. The molecule has 1 heterocycles. The van der Waals surface area contributed by atoms with E-state index in [0.717, 1.165) is 12.1 Å². The molecule has 2 rings (SSSR count). The topological polar surface area (TPSA) is 96.9 Å². The Balaban J connectivity index is 2.60. The van der Waals surface area contributed by atoms with E-state index in [0.29, 0.717) is 0 Å². The van der Waals surface area contributed by atoms with Gasteiger partial charge in [-0.1, -0.05) is 0 Å². The Bertz CT molecular complexity index is 624. The maximum absolute atomic E-state index is 14.0. The van der Waals surface area contributed by atoms with Crippen molar-refractivity contribution >= 4 is 17.6 Å². The van der Waals surface area contributed by atoms with Gasteiger partial charge in [-0.15, -0.1) is 0 Å². The molecule has 0 saturated carbocycles. The van der Waals surface area contributed by atoms with Crippen molar-refractivity contribution in [2.45, 2.75) is 25.0 Å². The predicted octanol–water partition coefficient (Wildman–Crippen LogP) is 1.95. The van der Waals surface area contributed by atoms with Gasteiger partial charge in [0.15, 0.2) is 5.54 Å². The number of amides is 1. The summed E-state index contributed by atoms with van der Waals surface area (Å²) >= 11 is 0. The third-order valence-corrected chi connectivity index (χ3v) is 3.31. The highest BCUT2D eigenvalue weighted by molar-refractivity contribution is 5.97. The van der Waals surface area contributed by atoms with Crippen molar-refractivity contribution in [2.75, 3.05) is 12.3 Å². The molecule has 22 heavy (non-hydrogen) atoms. The Labute approximate surface area is 123 Å². The quantitative estimate of drug-likeness (QED) is 0.726. The van der Waals surface area contributed by atoms with Gasteiger partial charge >= 0.3 is 6.09 Å². The number of alkyl halides is 2. The van der Waals surface area contributed by atoms with Gasteiger partial charge in [0.2, 0.25) is 0 Å². The Kier molecular flexibility index (Phi) is 4.27. The Morgan fingerprint density at radius 2 is 2.27 bits per heavy atom. The zero-order valence-electron chi connectivity index (χ0n) is 11.5. The molecule has 1 aliphatic heterocycles.